The summed E-state index contributed by atoms with van der Waals surface area (Å²) in [5.74, 6) is 6.16. The fourth-order valence-electron chi connectivity index (χ4n) is 1.71. The predicted octanol–water partition coefficient (Wildman–Crippen LogP) is 1.24. The largest absolute Gasteiger partial charge is 0.467 e. The van der Waals surface area contributed by atoms with Gasteiger partial charge in [0.15, 0.2) is 9.84 Å². The summed E-state index contributed by atoms with van der Waals surface area (Å²) in [5, 5.41) is 0. The quantitative estimate of drug-likeness (QED) is 0.642. The van der Waals surface area contributed by atoms with Gasteiger partial charge in [-0.25, -0.2) is 13.8 Å². The second-order valence-electron chi connectivity index (χ2n) is 3.96. The van der Waals surface area contributed by atoms with Gasteiger partial charge in [0.25, 0.3) is 0 Å². The van der Waals surface area contributed by atoms with Gasteiger partial charge in [-0.05, 0) is 29.8 Å². The minimum atomic E-state index is -3.18. The third-order valence-electron chi connectivity index (χ3n) is 2.64. The van der Waals surface area contributed by atoms with Crippen LogP contribution in [-0.2, 0) is 9.84 Å². The number of hydrogen-bond donors (Lipinski definition) is 2. The van der Waals surface area contributed by atoms with Gasteiger partial charge in [0.2, 0.25) is 0 Å². The van der Waals surface area contributed by atoms with Crippen molar-refractivity contribution in [1.82, 2.24) is 5.43 Å². The Balaban J connectivity index is 2.34. The summed E-state index contributed by atoms with van der Waals surface area (Å²) in [6, 6.07) is 9.80. The number of rotatable bonds is 4. The molecule has 0 fully saturated rings. The van der Waals surface area contributed by atoms with E-state index in [1.807, 2.05) is 0 Å². The fourth-order valence-corrected chi connectivity index (χ4v) is 2.34. The van der Waals surface area contributed by atoms with E-state index < -0.39 is 9.84 Å². The van der Waals surface area contributed by atoms with Gasteiger partial charge < -0.3 is 4.42 Å². The highest BCUT2D eigenvalue weighted by atomic mass is 32.2. The Morgan fingerprint density at radius 3 is 2.33 bits per heavy atom. The summed E-state index contributed by atoms with van der Waals surface area (Å²) in [6.45, 7) is 0. The molecule has 2 rings (SSSR count). The number of benzene rings is 1. The van der Waals surface area contributed by atoms with Crippen LogP contribution in [0.15, 0.2) is 52.0 Å². The summed E-state index contributed by atoms with van der Waals surface area (Å²) in [7, 11) is -3.18. The van der Waals surface area contributed by atoms with Crippen molar-refractivity contribution in [3.8, 4) is 0 Å². The maximum atomic E-state index is 11.4. The number of furan rings is 1. The average molecular weight is 266 g/mol. The predicted molar refractivity (Wildman–Crippen MR) is 67.4 cm³/mol. The molecule has 0 spiro atoms. The second kappa shape index (κ2) is 4.93. The van der Waals surface area contributed by atoms with Gasteiger partial charge in [0.1, 0.15) is 11.8 Å². The van der Waals surface area contributed by atoms with Crippen molar-refractivity contribution >= 4 is 9.84 Å². The molecule has 18 heavy (non-hydrogen) atoms. The number of hydrazine groups is 1. The lowest BCUT2D eigenvalue weighted by atomic mass is 10.1. The van der Waals surface area contributed by atoms with E-state index in [0.29, 0.717) is 5.76 Å². The standard InChI is InChI=1S/C12H14N2O3S/c1-18(15,16)10-6-4-9(5-7-10)12(14-13)11-3-2-8-17-11/h2-8,12,14H,13H2,1H3. The molecule has 1 aromatic carbocycles. The SMILES string of the molecule is CS(=O)(=O)c1ccc(C(NN)c2ccco2)cc1. The van der Waals surface area contributed by atoms with Crippen LogP contribution in [-0.4, -0.2) is 14.7 Å². The maximum Gasteiger partial charge on any atom is 0.175 e. The van der Waals surface area contributed by atoms with Gasteiger partial charge in [0, 0.05) is 6.26 Å². The normalized spacial score (nSPS) is 13.4. The Hall–Kier alpha value is -1.63. The summed E-state index contributed by atoms with van der Waals surface area (Å²) >= 11 is 0. The minimum absolute atomic E-state index is 0.279. The highest BCUT2D eigenvalue weighted by molar-refractivity contribution is 7.90. The lowest BCUT2D eigenvalue weighted by molar-refractivity contribution is 0.452. The van der Waals surface area contributed by atoms with Crippen LogP contribution >= 0.6 is 0 Å². The Labute approximate surface area is 105 Å². The Morgan fingerprint density at radius 2 is 1.89 bits per heavy atom. The van der Waals surface area contributed by atoms with E-state index in [1.165, 1.54) is 6.26 Å². The van der Waals surface area contributed by atoms with Crippen LogP contribution in [0.5, 0.6) is 0 Å². The zero-order valence-electron chi connectivity index (χ0n) is 9.83. The zero-order chi connectivity index (χ0) is 13.2. The number of hydrogen-bond acceptors (Lipinski definition) is 5. The van der Waals surface area contributed by atoms with Crippen LogP contribution in [0.2, 0.25) is 0 Å². The van der Waals surface area contributed by atoms with Crippen molar-refractivity contribution in [3.05, 3.63) is 54.0 Å². The molecule has 3 N–H and O–H groups in total. The fraction of sp³-hybridized carbons (Fsp3) is 0.167. The number of nitrogens with one attached hydrogen (secondary N) is 1. The molecule has 0 saturated heterocycles. The lowest BCUT2D eigenvalue weighted by Gasteiger charge is -2.13. The molecule has 96 valence electrons. The van der Waals surface area contributed by atoms with Crippen LogP contribution in [0.4, 0.5) is 0 Å². The van der Waals surface area contributed by atoms with Gasteiger partial charge in [-0.15, -0.1) is 0 Å². The zero-order valence-corrected chi connectivity index (χ0v) is 10.6. The molecule has 1 aromatic heterocycles. The molecule has 1 unspecified atom stereocenters. The highest BCUT2D eigenvalue weighted by Gasteiger charge is 2.16. The van der Waals surface area contributed by atoms with Crippen molar-refractivity contribution in [3.63, 3.8) is 0 Å². The van der Waals surface area contributed by atoms with Crippen LogP contribution in [0.3, 0.4) is 0 Å². The summed E-state index contributed by atoms with van der Waals surface area (Å²) in [6.07, 6.45) is 2.73. The van der Waals surface area contributed by atoms with Gasteiger partial charge >= 0.3 is 0 Å². The molecular weight excluding hydrogens is 252 g/mol. The van der Waals surface area contributed by atoms with E-state index >= 15 is 0 Å². The Bertz CT molecular complexity index is 603. The van der Waals surface area contributed by atoms with Crippen molar-refractivity contribution < 1.29 is 12.8 Å². The third kappa shape index (κ3) is 2.61. The van der Waals surface area contributed by atoms with Crippen molar-refractivity contribution in [2.24, 2.45) is 5.84 Å². The summed E-state index contributed by atoms with van der Waals surface area (Å²) in [5.41, 5.74) is 3.47. The van der Waals surface area contributed by atoms with E-state index in [1.54, 1.807) is 42.7 Å². The molecule has 2 aromatic rings. The molecule has 0 aliphatic heterocycles. The van der Waals surface area contributed by atoms with Gasteiger partial charge in [-0.2, -0.15) is 0 Å². The molecule has 0 aliphatic rings. The van der Waals surface area contributed by atoms with E-state index in [2.05, 4.69) is 5.43 Å². The first-order valence-electron chi connectivity index (χ1n) is 5.32. The van der Waals surface area contributed by atoms with Crippen LogP contribution in [0.25, 0.3) is 0 Å². The molecule has 0 bridgehead atoms. The summed E-state index contributed by atoms with van der Waals surface area (Å²) in [4.78, 5) is 0.279. The van der Waals surface area contributed by atoms with Gasteiger partial charge in [-0.1, -0.05) is 12.1 Å². The Kier molecular flexibility index (Phi) is 3.51. The Morgan fingerprint density at radius 1 is 1.22 bits per heavy atom. The molecule has 1 heterocycles. The topological polar surface area (TPSA) is 85.3 Å². The molecule has 5 nitrogen and oxygen atoms in total. The monoisotopic (exact) mass is 266 g/mol. The first kappa shape index (κ1) is 12.8. The van der Waals surface area contributed by atoms with E-state index in [-0.39, 0.29) is 10.9 Å². The maximum absolute atomic E-state index is 11.4. The second-order valence-corrected chi connectivity index (χ2v) is 5.97. The lowest BCUT2D eigenvalue weighted by Crippen LogP contribution is -2.28. The molecule has 6 heteroatoms. The minimum Gasteiger partial charge on any atom is -0.467 e. The first-order chi connectivity index (χ1) is 8.52. The molecule has 0 saturated carbocycles. The highest BCUT2D eigenvalue weighted by Crippen LogP contribution is 2.22. The molecule has 0 amide bonds. The van der Waals surface area contributed by atoms with Crippen LogP contribution in [0, 0.1) is 0 Å². The first-order valence-corrected chi connectivity index (χ1v) is 7.21. The molecule has 1 atom stereocenters. The molecule has 0 aliphatic carbocycles. The third-order valence-corrected chi connectivity index (χ3v) is 3.76. The summed E-state index contributed by atoms with van der Waals surface area (Å²) < 4.78 is 28.0. The van der Waals surface area contributed by atoms with Crippen molar-refractivity contribution in [2.45, 2.75) is 10.9 Å². The van der Waals surface area contributed by atoms with E-state index in [9.17, 15) is 8.42 Å². The smallest absolute Gasteiger partial charge is 0.175 e. The van der Waals surface area contributed by atoms with Crippen molar-refractivity contribution in [1.29, 1.82) is 0 Å². The van der Waals surface area contributed by atoms with E-state index in [4.69, 9.17) is 10.3 Å². The van der Waals surface area contributed by atoms with Crippen LogP contribution in [0.1, 0.15) is 17.4 Å². The van der Waals surface area contributed by atoms with Crippen LogP contribution < -0.4 is 11.3 Å². The average Bonchev–Trinajstić information content (AvgIpc) is 2.83. The van der Waals surface area contributed by atoms with Crippen molar-refractivity contribution in [2.75, 3.05) is 6.26 Å². The molecule has 0 radical (unpaired) electrons. The molecular formula is C12H14N2O3S. The van der Waals surface area contributed by atoms with Gasteiger partial charge in [0.05, 0.1) is 11.2 Å². The number of sulfone groups is 1. The number of nitrogens with two attached hydrogens (primary N) is 1. The van der Waals surface area contributed by atoms with E-state index in [0.717, 1.165) is 5.56 Å². The van der Waals surface area contributed by atoms with Gasteiger partial charge in [-0.3, -0.25) is 5.84 Å².